The smallest absolute Gasteiger partial charge is 0.122 e. The molecule has 3 heteroatoms. The minimum atomic E-state index is 0.863. The lowest BCUT2D eigenvalue weighted by molar-refractivity contribution is 0.412. The predicted octanol–water partition coefficient (Wildman–Crippen LogP) is 4.16. The van der Waals surface area contributed by atoms with Crippen molar-refractivity contribution >= 4 is 10.9 Å². The Kier molecular flexibility index (Phi) is 3.11. The number of aryl methyl sites for hydroxylation is 1. The Morgan fingerprint density at radius 3 is 2.30 bits per heavy atom. The molecule has 0 aliphatic carbocycles. The van der Waals surface area contributed by atoms with Crippen LogP contribution in [0.4, 0.5) is 0 Å². The summed E-state index contributed by atoms with van der Waals surface area (Å²) >= 11 is 0. The van der Waals surface area contributed by atoms with E-state index < -0.39 is 0 Å². The van der Waals surface area contributed by atoms with Crippen molar-refractivity contribution in [2.75, 3.05) is 14.2 Å². The SMILES string of the molecule is COc1ccc(-c2cc3cc(OC)c(C)cc3[nH]2)cc1. The van der Waals surface area contributed by atoms with E-state index >= 15 is 0 Å². The van der Waals surface area contributed by atoms with Gasteiger partial charge in [-0.2, -0.15) is 0 Å². The van der Waals surface area contributed by atoms with E-state index in [0.717, 1.165) is 39.2 Å². The Morgan fingerprint density at radius 1 is 0.900 bits per heavy atom. The van der Waals surface area contributed by atoms with Crippen LogP contribution in [0, 0.1) is 6.92 Å². The summed E-state index contributed by atoms with van der Waals surface area (Å²) in [5.74, 6) is 1.78. The molecule has 0 aliphatic rings. The number of benzene rings is 2. The largest absolute Gasteiger partial charge is 0.497 e. The molecule has 0 amide bonds. The molecule has 0 atom stereocenters. The number of hydrogen-bond donors (Lipinski definition) is 1. The van der Waals surface area contributed by atoms with Gasteiger partial charge in [0.2, 0.25) is 0 Å². The monoisotopic (exact) mass is 267 g/mol. The predicted molar refractivity (Wildman–Crippen MR) is 81.6 cm³/mol. The number of rotatable bonds is 3. The highest BCUT2D eigenvalue weighted by Gasteiger charge is 2.07. The van der Waals surface area contributed by atoms with Gasteiger partial charge in [-0.05, 0) is 60.5 Å². The molecule has 20 heavy (non-hydrogen) atoms. The lowest BCUT2D eigenvalue weighted by Crippen LogP contribution is -1.86. The second-order valence-corrected chi connectivity index (χ2v) is 4.82. The Hall–Kier alpha value is -2.42. The topological polar surface area (TPSA) is 34.2 Å². The molecule has 0 fully saturated rings. The summed E-state index contributed by atoms with van der Waals surface area (Å²) < 4.78 is 10.6. The van der Waals surface area contributed by atoms with E-state index in [1.165, 1.54) is 0 Å². The van der Waals surface area contributed by atoms with Gasteiger partial charge in [0, 0.05) is 16.6 Å². The third-order valence-corrected chi connectivity index (χ3v) is 3.54. The highest BCUT2D eigenvalue weighted by Crippen LogP contribution is 2.30. The van der Waals surface area contributed by atoms with Crippen molar-refractivity contribution in [3.63, 3.8) is 0 Å². The van der Waals surface area contributed by atoms with Crippen molar-refractivity contribution in [2.45, 2.75) is 6.92 Å². The standard InChI is InChI=1S/C17H17NO2/c1-11-8-15-13(10-17(11)20-3)9-16(18-15)12-4-6-14(19-2)7-5-12/h4-10,18H,1-3H3. The number of H-pyrrole nitrogens is 1. The fourth-order valence-corrected chi connectivity index (χ4v) is 2.41. The first-order valence-corrected chi connectivity index (χ1v) is 6.53. The average Bonchev–Trinajstić information content (AvgIpc) is 2.89. The minimum Gasteiger partial charge on any atom is -0.497 e. The Morgan fingerprint density at radius 2 is 1.65 bits per heavy atom. The molecule has 1 aromatic heterocycles. The third kappa shape index (κ3) is 2.11. The zero-order valence-electron chi connectivity index (χ0n) is 11.9. The van der Waals surface area contributed by atoms with Gasteiger partial charge in [-0.1, -0.05) is 0 Å². The summed E-state index contributed by atoms with van der Waals surface area (Å²) in [5.41, 5.74) is 4.48. The Labute approximate surface area is 118 Å². The van der Waals surface area contributed by atoms with Crippen LogP contribution in [0.3, 0.4) is 0 Å². The van der Waals surface area contributed by atoms with Gasteiger partial charge >= 0.3 is 0 Å². The van der Waals surface area contributed by atoms with Crippen LogP contribution in [0.15, 0.2) is 42.5 Å². The Balaban J connectivity index is 2.07. The van der Waals surface area contributed by atoms with Gasteiger partial charge in [0.15, 0.2) is 0 Å². The lowest BCUT2D eigenvalue weighted by atomic mass is 10.1. The van der Waals surface area contributed by atoms with Gasteiger partial charge in [-0.15, -0.1) is 0 Å². The first-order chi connectivity index (χ1) is 9.71. The van der Waals surface area contributed by atoms with Crippen molar-refractivity contribution in [3.8, 4) is 22.8 Å². The van der Waals surface area contributed by atoms with E-state index in [9.17, 15) is 0 Å². The first kappa shape index (κ1) is 12.6. The van der Waals surface area contributed by atoms with Crippen molar-refractivity contribution in [1.29, 1.82) is 0 Å². The fourth-order valence-electron chi connectivity index (χ4n) is 2.41. The number of nitrogens with one attached hydrogen (secondary N) is 1. The molecule has 0 saturated carbocycles. The summed E-state index contributed by atoms with van der Waals surface area (Å²) in [7, 11) is 3.37. The van der Waals surface area contributed by atoms with Gasteiger partial charge in [-0.3, -0.25) is 0 Å². The zero-order chi connectivity index (χ0) is 14.1. The molecule has 2 aromatic carbocycles. The van der Waals surface area contributed by atoms with Crippen molar-refractivity contribution < 1.29 is 9.47 Å². The van der Waals surface area contributed by atoms with Crippen molar-refractivity contribution in [2.24, 2.45) is 0 Å². The maximum Gasteiger partial charge on any atom is 0.122 e. The molecule has 0 radical (unpaired) electrons. The number of aromatic nitrogens is 1. The molecule has 102 valence electrons. The molecule has 1 heterocycles. The molecule has 0 spiro atoms. The number of aromatic amines is 1. The van der Waals surface area contributed by atoms with E-state index in [1.54, 1.807) is 14.2 Å². The van der Waals surface area contributed by atoms with Crippen LogP contribution in [-0.2, 0) is 0 Å². The summed E-state index contributed by atoms with van der Waals surface area (Å²) in [6.45, 7) is 2.05. The third-order valence-electron chi connectivity index (χ3n) is 3.54. The first-order valence-electron chi connectivity index (χ1n) is 6.53. The molecule has 0 bridgehead atoms. The molecule has 1 N–H and O–H groups in total. The average molecular weight is 267 g/mol. The van der Waals surface area contributed by atoms with Crippen LogP contribution in [0.1, 0.15) is 5.56 Å². The maximum absolute atomic E-state index is 5.37. The normalized spacial score (nSPS) is 10.8. The van der Waals surface area contributed by atoms with Gasteiger partial charge in [0.25, 0.3) is 0 Å². The van der Waals surface area contributed by atoms with Gasteiger partial charge in [0.1, 0.15) is 11.5 Å². The molecular weight excluding hydrogens is 250 g/mol. The summed E-state index contributed by atoms with van der Waals surface area (Å²) in [6.07, 6.45) is 0. The minimum absolute atomic E-state index is 0.863. The number of hydrogen-bond acceptors (Lipinski definition) is 2. The van der Waals surface area contributed by atoms with E-state index in [1.807, 2.05) is 31.2 Å². The number of ether oxygens (including phenoxy) is 2. The van der Waals surface area contributed by atoms with Crippen molar-refractivity contribution in [3.05, 3.63) is 48.0 Å². The number of methoxy groups -OCH3 is 2. The highest BCUT2D eigenvalue weighted by molar-refractivity contribution is 5.87. The molecule has 0 unspecified atom stereocenters. The molecule has 0 saturated heterocycles. The van der Waals surface area contributed by atoms with Crippen LogP contribution in [-0.4, -0.2) is 19.2 Å². The van der Waals surface area contributed by atoms with Gasteiger partial charge in [0.05, 0.1) is 14.2 Å². The van der Waals surface area contributed by atoms with Crippen LogP contribution < -0.4 is 9.47 Å². The molecule has 3 nitrogen and oxygen atoms in total. The van der Waals surface area contributed by atoms with E-state index in [0.29, 0.717) is 0 Å². The van der Waals surface area contributed by atoms with E-state index in [-0.39, 0.29) is 0 Å². The van der Waals surface area contributed by atoms with Crippen LogP contribution in [0.25, 0.3) is 22.2 Å². The van der Waals surface area contributed by atoms with Gasteiger partial charge in [-0.25, -0.2) is 0 Å². The second-order valence-electron chi connectivity index (χ2n) is 4.82. The molecule has 3 aromatic rings. The summed E-state index contributed by atoms with van der Waals surface area (Å²) in [5, 5.41) is 1.15. The lowest BCUT2D eigenvalue weighted by Gasteiger charge is -2.03. The van der Waals surface area contributed by atoms with Crippen LogP contribution in [0.2, 0.25) is 0 Å². The molecule has 3 rings (SSSR count). The summed E-state index contributed by atoms with van der Waals surface area (Å²) in [6, 6.07) is 14.3. The maximum atomic E-state index is 5.37. The van der Waals surface area contributed by atoms with Crippen LogP contribution >= 0.6 is 0 Å². The second kappa shape index (κ2) is 4.93. The molecular formula is C17H17NO2. The fraction of sp³-hybridized carbons (Fsp3) is 0.176. The van der Waals surface area contributed by atoms with E-state index in [4.69, 9.17) is 9.47 Å². The Bertz CT molecular complexity index is 742. The quantitative estimate of drug-likeness (QED) is 0.773. The van der Waals surface area contributed by atoms with Crippen molar-refractivity contribution in [1.82, 2.24) is 4.98 Å². The molecule has 0 aliphatic heterocycles. The van der Waals surface area contributed by atoms with E-state index in [2.05, 4.69) is 23.2 Å². The van der Waals surface area contributed by atoms with Crippen LogP contribution in [0.5, 0.6) is 11.5 Å². The zero-order valence-corrected chi connectivity index (χ0v) is 11.9. The van der Waals surface area contributed by atoms with Gasteiger partial charge < -0.3 is 14.5 Å². The highest BCUT2D eigenvalue weighted by atomic mass is 16.5. The number of fused-ring (bicyclic) bond motifs is 1. The summed E-state index contributed by atoms with van der Waals surface area (Å²) in [4.78, 5) is 3.45.